The van der Waals surface area contributed by atoms with Crippen LogP contribution in [0.5, 0.6) is 0 Å². The third-order valence-electron chi connectivity index (χ3n) is 3.76. The van der Waals surface area contributed by atoms with Crippen molar-refractivity contribution in [2.75, 3.05) is 39.8 Å². The van der Waals surface area contributed by atoms with Gasteiger partial charge in [0.2, 0.25) is 10.0 Å². The maximum atomic E-state index is 12.9. The maximum absolute atomic E-state index is 12.9. The quantitative estimate of drug-likeness (QED) is 0.803. The van der Waals surface area contributed by atoms with Crippen molar-refractivity contribution in [1.82, 2.24) is 14.5 Å². The summed E-state index contributed by atoms with van der Waals surface area (Å²) in [5, 5.41) is 5.26. The van der Waals surface area contributed by atoms with E-state index in [1.807, 2.05) is 19.4 Å². The molecular formula is C14H25N3O2S2. The molecular weight excluding hydrogens is 306 g/mol. The first kappa shape index (κ1) is 16.9. The van der Waals surface area contributed by atoms with Gasteiger partial charge in [0.15, 0.2) is 0 Å². The van der Waals surface area contributed by atoms with Crippen LogP contribution >= 0.6 is 11.3 Å². The molecule has 0 amide bonds. The van der Waals surface area contributed by atoms with E-state index in [1.54, 1.807) is 4.31 Å². The molecule has 21 heavy (non-hydrogen) atoms. The second-order valence-corrected chi connectivity index (χ2v) is 8.39. The summed E-state index contributed by atoms with van der Waals surface area (Å²) in [4.78, 5) is 3.62. The number of thiophene rings is 1. The minimum atomic E-state index is -3.36. The maximum Gasteiger partial charge on any atom is 0.244 e. The van der Waals surface area contributed by atoms with E-state index >= 15 is 0 Å². The number of hydrogen-bond acceptors (Lipinski definition) is 5. The van der Waals surface area contributed by atoms with Crippen LogP contribution in [-0.4, -0.2) is 57.4 Å². The highest BCUT2D eigenvalue weighted by atomic mass is 32.2. The molecule has 1 aromatic heterocycles. The summed E-state index contributed by atoms with van der Waals surface area (Å²) in [6, 6.07) is 0. The smallest absolute Gasteiger partial charge is 0.244 e. The molecule has 0 aliphatic carbocycles. The number of rotatable bonds is 6. The Morgan fingerprint density at radius 3 is 2.57 bits per heavy atom. The molecule has 0 spiro atoms. The van der Waals surface area contributed by atoms with Gasteiger partial charge in [0.1, 0.15) is 4.90 Å². The summed E-state index contributed by atoms with van der Waals surface area (Å²) in [5.74, 6) is 0. The van der Waals surface area contributed by atoms with Crippen molar-refractivity contribution in [2.24, 2.45) is 0 Å². The van der Waals surface area contributed by atoms with Gasteiger partial charge in [-0.2, -0.15) is 4.31 Å². The normalized spacial score (nSPS) is 18.2. The molecule has 1 aliphatic rings. The van der Waals surface area contributed by atoms with Gasteiger partial charge in [0, 0.05) is 37.6 Å². The van der Waals surface area contributed by atoms with Gasteiger partial charge in [-0.25, -0.2) is 8.42 Å². The second-order valence-electron chi connectivity index (χ2n) is 5.56. The van der Waals surface area contributed by atoms with Crippen LogP contribution in [0, 0.1) is 6.92 Å². The van der Waals surface area contributed by atoms with Gasteiger partial charge in [-0.05, 0) is 37.9 Å². The number of nitrogens with one attached hydrogen (secondary N) is 1. The Kier molecular flexibility index (Phi) is 5.79. The first-order valence-electron chi connectivity index (χ1n) is 7.43. The fourth-order valence-electron chi connectivity index (χ4n) is 2.49. The minimum absolute atomic E-state index is 0.528. The Bertz CT molecular complexity index is 561. The van der Waals surface area contributed by atoms with E-state index in [9.17, 15) is 8.42 Å². The highest BCUT2D eigenvalue weighted by molar-refractivity contribution is 7.89. The molecule has 1 fully saturated rings. The van der Waals surface area contributed by atoms with Crippen LogP contribution in [-0.2, 0) is 16.6 Å². The largest absolute Gasteiger partial charge is 0.312 e. The van der Waals surface area contributed by atoms with Crippen molar-refractivity contribution in [1.29, 1.82) is 0 Å². The lowest BCUT2D eigenvalue weighted by Gasteiger charge is -2.31. The Hall–Kier alpha value is -0.470. The predicted molar refractivity (Wildman–Crippen MR) is 87.3 cm³/mol. The molecule has 0 atom stereocenters. The van der Waals surface area contributed by atoms with E-state index in [4.69, 9.17) is 0 Å². The van der Waals surface area contributed by atoms with Gasteiger partial charge in [0.25, 0.3) is 0 Å². The van der Waals surface area contributed by atoms with Gasteiger partial charge in [-0.15, -0.1) is 11.3 Å². The zero-order valence-corrected chi connectivity index (χ0v) is 14.7. The molecule has 0 unspecified atom stereocenters. The highest BCUT2D eigenvalue weighted by Crippen LogP contribution is 2.30. The summed E-state index contributed by atoms with van der Waals surface area (Å²) in [6.07, 6.45) is 1.05. The molecule has 2 heterocycles. The van der Waals surface area contributed by atoms with Crippen molar-refractivity contribution in [3.63, 3.8) is 0 Å². The van der Waals surface area contributed by atoms with Crippen molar-refractivity contribution in [3.8, 4) is 0 Å². The van der Waals surface area contributed by atoms with Crippen molar-refractivity contribution >= 4 is 21.4 Å². The van der Waals surface area contributed by atoms with Crippen LogP contribution in [0.1, 0.15) is 23.8 Å². The van der Waals surface area contributed by atoms with E-state index < -0.39 is 10.0 Å². The van der Waals surface area contributed by atoms with Crippen molar-refractivity contribution in [2.45, 2.75) is 31.7 Å². The van der Waals surface area contributed by atoms with E-state index in [0.717, 1.165) is 36.5 Å². The van der Waals surface area contributed by atoms with Gasteiger partial charge >= 0.3 is 0 Å². The minimum Gasteiger partial charge on any atom is -0.312 e. The van der Waals surface area contributed by atoms with E-state index in [-0.39, 0.29) is 0 Å². The van der Waals surface area contributed by atoms with Crippen LogP contribution in [0.2, 0.25) is 0 Å². The predicted octanol–water partition coefficient (Wildman–Crippen LogP) is 1.49. The third-order valence-corrected chi connectivity index (χ3v) is 7.12. The van der Waals surface area contributed by atoms with Crippen LogP contribution in [0.3, 0.4) is 0 Å². The van der Waals surface area contributed by atoms with Gasteiger partial charge < -0.3 is 10.2 Å². The van der Waals surface area contributed by atoms with Crippen LogP contribution in [0.15, 0.2) is 10.3 Å². The molecule has 0 bridgehead atoms. The van der Waals surface area contributed by atoms with Gasteiger partial charge in [-0.1, -0.05) is 6.92 Å². The first-order valence-corrected chi connectivity index (χ1v) is 9.75. The van der Waals surface area contributed by atoms with Crippen LogP contribution < -0.4 is 5.32 Å². The lowest BCUT2D eigenvalue weighted by molar-refractivity contribution is 0.222. The lowest BCUT2D eigenvalue weighted by Crippen LogP contribution is -2.47. The monoisotopic (exact) mass is 331 g/mol. The molecule has 120 valence electrons. The average Bonchev–Trinajstić information content (AvgIpc) is 2.81. The third kappa shape index (κ3) is 3.84. The number of sulfonamides is 1. The molecule has 7 heteroatoms. The number of nitrogens with zero attached hydrogens (tertiary/aromatic N) is 2. The number of aryl methyl sites for hydroxylation is 1. The molecule has 0 saturated carbocycles. The average molecular weight is 332 g/mol. The highest BCUT2D eigenvalue weighted by Gasteiger charge is 2.31. The number of piperazine rings is 1. The topological polar surface area (TPSA) is 52.7 Å². The second kappa shape index (κ2) is 7.19. The number of hydrogen-bond donors (Lipinski definition) is 1. The molecule has 5 nitrogen and oxygen atoms in total. The van der Waals surface area contributed by atoms with E-state index in [0.29, 0.717) is 24.5 Å². The van der Waals surface area contributed by atoms with Crippen molar-refractivity contribution < 1.29 is 8.42 Å². The SMILES string of the molecule is CCCNCc1scc(C)c1S(=O)(=O)N1CCN(C)CC1. The summed E-state index contributed by atoms with van der Waals surface area (Å²) in [7, 11) is -1.34. The van der Waals surface area contributed by atoms with E-state index in [1.165, 1.54) is 11.3 Å². The molecule has 2 rings (SSSR count). The first-order chi connectivity index (χ1) is 9.96. The summed E-state index contributed by atoms with van der Waals surface area (Å²) >= 11 is 1.54. The number of likely N-dealkylation sites (N-methyl/N-ethyl adjacent to an activating group) is 1. The fourth-order valence-corrected chi connectivity index (χ4v) is 5.65. The van der Waals surface area contributed by atoms with Crippen LogP contribution in [0.4, 0.5) is 0 Å². The fraction of sp³-hybridized carbons (Fsp3) is 0.714. The zero-order chi connectivity index (χ0) is 15.5. The Labute approximate surface area is 132 Å². The summed E-state index contributed by atoms with van der Waals surface area (Å²) in [5.41, 5.74) is 0.868. The molecule has 1 aromatic rings. The van der Waals surface area contributed by atoms with Gasteiger partial charge in [-0.3, -0.25) is 0 Å². The summed E-state index contributed by atoms with van der Waals surface area (Å²) in [6.45, 7) is 8.29. The molecule has 1 N–H and O–H groups in total. The molecule has 0 radical (unpaired) electrons. The molecule has 1 aliphatic heterocycles. The molecule has 1 saturated heterocycles. The lowest BCUT2D eigenvalue weighted by atomic mass is 10.3. The summed E-state index contributed by atoms with van der Waals surface area (Å²) < 4.78 is 27.5. The van der Waals surface area contributed by atoms with Crippen molar-refractivity contribution in [3.05, 3.63) is 15.8 Å². The molecule has 0 aromatic carbocycles. The van der Waals surface area contributed by atoms with E-state index in [2.05, 4.69) is 17.1 Å². The Morgan fingerprint density at radius 2 is 1.95 bits per heavy atom. The standard InChI is InChI=1S/C14H25N3O2S2/c1-4-5-15-10-13-14(12(2)11-20-13)21(18,19)17-8-6-16(3)7-9-17/h11,15H,4-10H2,1-3H3. The zero-order valence-electron chi connectivity index (χ0n) is 13.1. The van der Waals surface area contributed by atoms with Gasteiger partial charge in [0.05, 0.1) is 0 Å². The Morgan fingerprint density at radius 1 is 1.29 bits per heavy atom. The Balaban J connectivity index is 2.21. The van der Waals surface area contributed by atoms with Crippen LogP contribution in [0.25, 0.3) is 0 Å².